The molecule has 0 spiro atoms. The van der Waals surface area contributed by atoms with Crippen molar-refractivity contribution in [2.24, 2.45) is 0 Å². The topological polar surface area (TPSA) is 12.9 Å². The lowest BCUT2D eigenvalue weighted by Crippen LogP contribution is -1.66. The highest BCUT2D eigenvalue weighted by Gasteiger charge is 2.01. The second kappa shape index (κ2) is 2.93. The molecule has 0 aliphatic heterocycles. The molecule has 0 radical (unpaired) electrons. The first kappa shape index (κ1) is 7.28. The third kappa shape index (κ3) is 1.45. The Balaban J connectivity index is 2.45. The van der Waals surface area contributed by atoms with Crippen LogP contribution in [0.1, 0.15) is 0 Å². The zero-order valence-electron chi connectivity index (χ0n) is 5.45. The quantitative estimate of drug-likeness (QED) is 0.688. The highest BCUT2D eigenvalue weighted by atomic mass is 35.5. The predicted octanol–water partition coefficient (Wildman–Crippen LogP) is 3.53. The zero-order valence-corrected chi connectivity index (χ0v) is 7.84. The summed E-state index contributed by atoms with van der Waals surface area (Å²) in [5.74, 6) is 0. The van der Waals surface area contributed by atoms with Crippen LogP contribution < -0.4 is 0 Å². The van der Waals surface area contributed by atoms with Gasteiger partial charge in [0.2, 0.25) is 0 Å². The summed E-state index contributed by atoms with van der Waals surface area (Å²) < 4.78 is 0. The fourth-order valence-electron chi connectivity index (χ4n) is 0.782. The highest BCUT2D eigenvalue weighted by Crippen LogP contribution is 2.28. The normalized spacial score (nSPS) is 10.3. The molecule has 2 rings (SSSR count). The van der Waals surface area contributed by atoms with Crippen molar-refractivity contribution >= 4 is 34.3 Å². The summed E-state index contributed by atoms with van der Waals surface area (Å²) in [5.41, 5.74) is 2.84. The summed E-state index contributed by atoms with van der Waals surface area (Å²) in [6, 6.07) is 1.93. The van der Waals surface area contributed by atoms with Crippen molar-refractivity contribution in [2.45, 2.75) is 0 Å². The molecular weight excluding hydrogens is 198 g/mol. The largest absolute Gasteiger partial charge is 0.244 e. The summed E-state index contributed by atoms with van der Waals surface area (Å²) in [7, 11) is 0. The van der Waals surface area contributed by atoms with E-state index in [-0.39, 0.29) is 0 Å². The van der Waals surface area contributed by atoms with Gasteiger partial charge in [-0.25, -0.2) is 4.98 Å². The van der Waals surface area contributed by atoms with Gasteiger partial charge in [-0.3, -0.25) is 0 Å². The minimum Gasteiger partial charge on any atom is -0.244 e. The Kier molecular flexibility index (Phi) is 1.94. The molecule has 0 aliphatic carbocycles. The van der Waals surface area contributed by atoms with Crippen molar-refractivity contribution in [1.82, 2.24) is 4.98 Å². The molecule has 56 valence electrons. The van der Waals surface area contributed by atoms with E-state index >= 15 is 0 Å². The Hall–Kier alpha value is -0.380. The molecule has 4 heteroatoms. The minimum absolute atomic E-state index is 0.790. The Bertz CT molecular complexity index is 339. The molecular formula is C7H4ClNS2. The maximum Gasteiger partial charge on any atom is 0.0911 e. The maximum absolute atomic E-state index is 5.76. The van der Waals surface area contributed by atoms with Gasteiger partial charge in [0, 0.05) is 10.8 Å². The minimum atomic E-state index is 0.790. The Morgan fingerprint density at radius 2 is 2.27 bits per heavy atom. The van der Waals surface area contributed by atoms with E-state index in [0.717, 1.165) is 15.6 Å². The first-order chi connectivity index (χ1) is 5.36. The third-order valence-corrected chi connectivity index (χ3v) is 3.14. The van der Waals surface area contributed by atoms with Gasteiger partial charge in [0.05, 0.1) is 21.1 Å². The van der Waals surface area contributed by atoms with Crippen molar-refractivity contribution < 1.29 is 0 Å². The Labute approximate surface area is 77.3 Å². The third-order valence-electron chi connectivity index (χ3n) is 1.25. The van der Waals surface area contributed by atoms with Crippen LogP contribution in [0.2, 0.25) is 5.02 Å². The van der Waals surface area contributed by atoms with Crippen LogP contribution in [0.15, 0.2) is 22.3 Å². The van der Waals surface area contributed by atoms with Crippen molar-refractivity contribution in [3.63, 3.8) is 0 Å². The Morgan fingerprint density at radius 3 is 2.82 bits per heavy atom. The summed E-state index contributed by atoms with van der Waals surface area (Å²) in [6.07, 6.45) is 0. The van der Waals surface area contributed by atoms with Gasteiger partial charge in [-0.15, -0.1) is 22.7 Å². The van der Waals surface area contributed by atoms with Gasteiger partial charge in [-0.1, -0.05) is 11.6 Å². The summed E-state index contributed by atoms with van der Waals surface area (Å²) >= 11 is 8.98. The summed E-state index contributed by atoms with van der Waals surface area (Å²) in [6.45, 7) is 0. The fourth-order valence-corrected chi connectivity index (χ4v) is 2.45. The lowest BCUT2D eigenvalue weighted by atomic mass is 10.4. The molecule has 0 saturated heterocycles. The molecule has 0 bridgehead atoms. The lowest BCUT2D eigenvalue weighted by molar-refractivity contribution is 1.43. The fraction of sp³-hybridized carbons (Fsp3) is 0. The van der Waals surface area contributed by atoms with Crippen LogP contribution in [0.5, 0.6) is 0 Å². The molecule has 2 aromatic heterocycles. The van der Waals surface area contributed by atoms with Crippen LogP contribution in [-0.4, -0.2) is 4.98 Å². The lowest BCUT2D eigenvalue weighted by Gasteiger charge is -1.84. The van der Waals surface area contributed by atoms with Crippen LogP contribution in [0.4, 0.5) is 0 Å². The monoisotopic (exact) mass is 201 g/mol. The van der Waals surface area contributed by atoms with Crippen molar-refractivity contribution in [3.8, 4) is 10.6 Å². The number of nitrogens with zero attached hydrogens (tertiary/aromatic N) is 1. The number of aromatic nitrogens is 1. The van der Waals surface area contributed by atoms with Crippen LogP contribution >= 0.6 is 34.3 Å². The molecule has 2 heterocycles. The SMILES string of the molecule is Clc1csc(-c2cscn2)c1. The number of hydrogen-bond acceptors (Lipinski definition) is 3. The average molecular weight is 202 g/mol. The van der Waals surface area contributed by atoms with Gasteiger partial charge in [0.1, 0.15) is 0 Å². The van der Waals surface area contributed by atoms with Crippen LogP contribution in [0, 0.1) is 0 Å². The second-order valence-corrected chi connectivity index (χ2v) is 4.07. The molecule has 0 amide bonds. The molecule has 0 atom stereocenters. The van der Waals surface area contributed by atoms with E-state index in [0.29, 0.717) is 0 Å². The van der Waals surface area contributed by atoms with E-state index in [2.05, 4.69) is 4.98 Å². The Morgan fingerprint density at radius 1 is 1.36 bits per heavy atom. The van der Waals surface area contributed by atoms with E-state index in [4.69, 9.17) is 11.6 Å². The van der Waals surface area contributed by atoms with E-state index in [9.17, 15) is 0 Å². The van der Waals surface area contributed by atoms with Gasteiger partial charge < -0.3 is 0 Å². The van der Waals surface area contributed by atoms with Crippen LogP contribution in [0.25, 0.3) is 10.6 Å². The van der Waals surface area contributed by atoms with E-state index in [1.54, 1.807) is 22.7 Å². The number of rotatable bonds is 1. The number of thiazole rings is 1. The van der Waals surface area contributed by atoms with E-state index < -0.39 is 0 Å². The van der Waals surface area contributed by atoms with E-state index in [1.165, 1.54) is 0 Å². The van der Waals surface area contributed by atoms with Gasteiger partial charge in [0.25, 0.3) is 0 Å². The summed E-state index contributed by atoms with van der Waals surface area (Å²) in [4.78, 5) is 5.31. The smallest absolute Gasteiger partial charge is 0.0911 e. The molecule has 0 fully saturated rings. The summed E-state index contributed by atoms with van der Waals surface area (Å²) in [5, 5.41) is 4.72. The number of hydrogen-bond donors (Lipinski definition) is 0. The first-order valence-electron chi connectivity index (χ1n) is 2.99. The molecule has 0 unspecified atom stereocenters. The molecule has 0 aliphatic rings. The van der Waals surface area contributed by atoms with Gasteiger partial charge in [-0.2, -0.15) is 0 Å². The molecule has 0 aromatic carbocycles. The van der Waals surface area contributed by atoms with Crippen LogP contribution in [-0.2, 0) is 0 Å². The maximum atomic E-state index is 5.76. The predicted molar refractivity (Wildman–Crippen MR) is 50.4 cm³/mol. The van der Waals surface area contributed by atoms with Gasteiger partial charge >= 0.3 is 0 Å². The second-order valence-electron chi connectivity index (χ2n) is 2.00. The van der Waals surface area contributed by atoms with E-state index in [1.807, 2.05) is 22.3 Å². The average Bonchev–Trinajstić information content (AvgIpc) is 2.55. The highest BCUT2D eigenvalue weighted by molar-refractivity contribution is 7.14. The van der Waals surface area contributed by atoms with Crippen molar-refractivity contribution in [1.29, 1.82) is 0 Å². The molecule has 0 saturated carbocycles. The molecule has 0 N–H and O–H groups in total. The van der Waals surface area contributed by atoms with Crippen molar-refractivity contribution in [3.05, 3.63) is 27.4 Å². The van der Waals surface area contributed by atoms with Gasteiger partial charge in [0.15, 0.2) is 0 Å². The molecule has 11 heavy (non-hydrogen) atoms. The van der Waals surface area contributed by atoms with Gasteiger partial charge in [-0.05, 0) is 6.07 Å². The van der Waals surface area contributed by atoms with Crippen molar-refractivity contribution in [2.75, 3.05) is 0 Å². The first-order valence-corrected chi connectivity index (χ1v) is 5.19. The van der Waals surface area contributed by atoms with Crippen LogP contribution in [0.3, 0.4) is 0 Å². The standard InChI is InChI=1S/C7H4ClNS2/c8-5-1-7(11-2-5)6-3-10-4-9-6/h1-4H. The number of halogens is 1. The molecule has 1 nitrogen and oxygen atoms in total. The number of thiophene rings is 1. The molecule has 2 aromatic rings. The zero-order chi connectivity index (χ0) is 7.68.